The van der Waals surface area contributed by atoms with E-state index in [1.54, 1.807) is 18.2 Å². The minimum atomic E-state index is -0.950. The SMILES string of the molecule is O=C(O)C1CCCN1C(=O)c1ccc(Cl)c(Br)c1. The van der Waals surface area contributed by atoms with Crippen LogP contribution in [0.2, 0.25) is 5.02 Å². The maximum atomic E-state index is 12.2. The molecule has 0 radical (unpaired) electrons. The van der Waals surface area contributed by atoms with Crippen LogP contribution in [0.4, 0.5) is 0 Å². The molecule has 1 heterocycles. The highest BCUT2D eigenvalue weighted by Gasteiger charge is 2.34. The lowest BCUT2D eigenvalue weighted by atomic mass is 10.1. The second-order valence-corrected chi connectivity index (χ2v) is 5.39. The van der Waals surface area contributed by atoms with Crippen LogP contribution in [0.1, 0.15) is 23.2 Å². The summed E-state index contributed by atoms with van der Waals surface area (Å²) in [5.74, 6) is -1.22. The van der Waals surface area contributed by atoms with E-state index in [1.807, 2.05) is 0 Å². The summed E-state index contributed by atoms with van der Waals surface area (Å²) in [6, 6.07) is 4.12. The van der Waals surface area contributed by atoms with Crippen molar-refractivity contribution in [2.24, 2.45) is 0 Å². The van der Waals surface area contributed by atoms with E-state index < -0.39 is 12.0 Å². The van der Waals surface area contributed by atoms with Gasteiger partial charge in [0.2, 0.25) is 0 Å². The predicted molar refractivity (Wildman–Crippen MR) is 70.8 cm³/mol. The van der Waals surface area contributed by atoms with Gasteiger partial charge in [-0.25, -0.2) is 4.79 Å². The van der Waals surface area contributed by atoms with Crippen molar-refractivity contribution in [2.75, 3.05) is 6.54 Å². The number of carboxylic acids is 1. The third-order valence-corrected chi connectivity index (χ3v) is 4.18. The summed E-state index contributed by atoms with van der Waals surface area (Å²) < 4.78 is 0.626. The molecular formula is C12H11BrClNO3. The first-order valence-electron chi connectivity index (χ1n) is 5.49. The van der Waals surface area contributed by atoms with Crippen LogP contribution in [0, 0.1) is 0 Å². The lowest BCUT2D eigenvalue weighted by Gasteiger charge is -2.21. The zero-order valence-corrected chi connectivity index (χ0v) is 11.7. The van der Waals surface area contributed by atoms with Gasteiger partial charge in [-0.15, -0.1) is 0 Å². The van der Waals surface area contributed by atoms with Crippen molar-refractivity contribution in [1.82, 2.24) is 4.90 Å². The second-order valence-electron chi connectivity index (χ2n) is 4.12. The Hall–Kier alpha value is -1.07. The quantitative estimate of drug-likeness (QED) is 0.906. The number of carboxylic acid groups (broad SMARTS) is 1. The molecule has 18 heavy (non-hydrogen) atoms. The van der Waals surface area contributed by atoms with E-state index in [2.05, 4.69) is 15.9 Å². The van der Waals surface area contributed by atoms with Gasteiger partial charge in [-0.3, -0.25) is 4.79 Å². The van der Waals surface area contributed by atoms with E-state index in [4.69, 9.17) is 16.7 Å². The van der Waals surface area contributed by atoms with Gasteiger partial charge in [0.25, 0.3) is 5.91 Å². The first kappa shape index (κ1) is 13.4. The van der Waals surface area contributed by atoms with E-state index in [0.717, 1.165) is 6.42 Å². The number of amides is 1. The fourth-order valence-electron chi connectivity index (χ4n) is 2.06. The van der Waals surface area contributed by atoms with Gasteiger partial charge < -0.3 is 10.0 Å². The number of hydrogen-bond donors (Lipinski definition) is 1. The molecule has 4 nitrogen and oxygen atoms in total. The van der Waals surface area contributed by atoms with Gasteiger partial charge in [-0.1, -0.05) is 11.6 Å². The van der Waals surface area contributed by atoms with Gasteiger partial charge in [0, 0.05) is 16.6 Å². The molecular weight excluding hydrogens is 321 g/mol. The normalized spacial score (nSPS) is 19.0. The maximum Gasteiger partial charge on any atom is 0.326 e. The van der Waals surface area contributed by atoms with Crippen molar-refractivity contribution in [3.05, 3.63) is 33.3 Å². The first-order valence-corrected chi connectivity index (χ1v) is 6.66. The fourth-order valence-corrected chi connectivity index (χ4v) is 2.56. The topological polar surface area (TPSA) is 57.6 Å². The Morgan fingerprint density at radius 2 is 2.17 bits per heavy atom. The van der Waals surface area contributed by atoms with Crippen molar-refractivity contribution in [2.45, 2.75) is 18.9 Å². The number of aliphatic carboxylic acids is 1. The molecule has 0 bridgehead atoms. The molecule has 0 aromatic heterocycles. The summed E-state index contributed by atoms with van der Waals surface area (Å²) in [6.45, 7) is 0.482. The molecule has 1 aromatic carbocycles. The second kappa shape index (κ2) is 5.28. The van der Waals surface area contributed by atoms with Crippen molar-refractivity contribution >= 4 is 39.4 Å². The molecule has 1 aliphatic rings. The van der Waals surface area contributed by atoms with E-state index in [9.17, 15) is 9.59 Å². The van der Waals surface area contributed by atoms with Gasteiger partial charge in [-0.05, 0) is 47.0 Å². The van der Waals surface area contributed by atoms with Crippen LogP contribution < -0.4 is 0 Å². The Morgan fingerprint density at radius 1 is 1.44 bits per heavy atom. The molecule has 0 spiro atoms. The molecule has 2 rings (SSSR count). The average Bonchev–Trinajstić information content (AvgIpc) is 2.81. The number of likely N-dealkylation sites (tertiary alicyclic amines) is 1. The molecule has 1 unspecified atom stereocenters. The number of rotatable bonds is 2. The molecule has 96 valence electrons. The van der Waals surface area contributed by atoms with Crippen LogP contribution >= 0.6 is 27.5 Å². The fraction of sp³-hybridized carbons (Fsp3) is 0.333. The molecule has 1 amide bonds. The summed E-state index contributed by atoms with van der Waals surface area (Å²) in [7, 11) is 0. The third kappa shape index (κ3) is 2.52. The van der Waals surface area contributed by atoms with Crippen molar-refractivity contribution < 1.29 is 14.7 Å². The number of halogens is 2. The van der Waals surface area contributed by atoms with E-state index in [0.29, 0.717) is 28.0 Å². The van der Waals surface area contributed by atoms with E-state index >= 15 is 0 Å². The molecule has 1 atom stereocenters. The lowest BCUT2D eigenvalue weighted by molar-refractivity contribution is -0.141. The summed E-state index contributed by atoms with van der Waals surface area (Å²) in [5, 5.41) is 9.57. The molecule has 1 aliphatic heterocycles. The Bertz CT molecular complexity index is 506. The van der Waals surface area contributed by atoms with Gasteiger partial charge in [-0.2, -0.15) is 0 Å². The molecule has 1 N–H and O–H groups in total. The molecule has 0 saturated carbocycles. The molecule has 0 aliphatic carbocycles. The van der Waals surface area contributed by atoms with Gasteiger partial charge in [0.1, 0.15) is 6.04 Å². The highest BCUT2D eigenvalue weighted by atomic mass is 79.9. The van der Waals surface area contributed by atoms with Gasteiger partial charge in [0.15, 0.2) is 0 Å². The van der Waals surface area contributed by atoms with Crippen LogP contribution in [0.25, 0.3) is 0 Å². The van der Waals surface area contributed by atoms with Crippen molar-refractivity contribution in [3.63, 3.8) is 0 Å². The molecule has 6 heteroatoms. The largest absolute Gasteiger partial charge is 0.480 e. The number of carbonyl (C=O) groups is 2. The average molecular weight is 333 g/mol. The number of benzene rings is 1. The number of nitrogens with zero attached hydrogens (tertiary/aromatic N) is 1. The minimum absolute atomic E-state index is 0.266. The van der Waals surface area contributed by atoms with Crippen LogP contribution in [0.5, 0.6) is 0 Å². The number of hydrogen-bond acceptors (Lipinski definition) is 2. The zero-order chi connectivity index (χ0) is 13.3. The summed E-state index contributed by atoms with van der Waals surface area (Å²) >= 11 is 9.11. The predicted octanol–water partition coefficient (Wildman–Crippen LogP) is 2.79. The lowest BCUT2D eigenvalue weighted by Crippen LogP contribution is -2.40. The Kier molecular flexibility index (Phi) is 3.92. The molecule has 1 aromatic rings. The van der Waals surface area contributed by atoms with Crippen LogP contribution in [-0.2, 0) is 4.79 Å². The standard InChI is InChI=1S/C12H11BrClNO3/c13-8-6-7(3-4-9(8)14)11(16)15-5-1-2-10(15)12(17)18/h3-4,6,10H,1-2,5H2,(H,17,18). The van der Waals surface area contributed by atoms with Crippen LogP contribution in [0.3, 0.4) is 0 Å². The molecule has 1 fully saturated rings. The number of carbonyl (C=O) groups excluding carboxylic acids is 1. The highest BCUT2D eigenvalue weighted by molar-refractivity contribution is 9.10. The Morgan fingerprint density at radius 3 is 2.78 bits per heavy atom. The van der Waals surface area contributed by atoms with Gasteiger partial charge >= 0.3 is 5.97 Å². The van der Waals surface area contributed by atoms with Crippen molar-refractivity contribution in [3.8, 4) is 0 Å². The maximum absolute atomic E-state index is 12.2. The summed E-state index contributed by atoms with van der Waals surface area (Å²) in [4.78, 5) is 24.7. The Balaban J connectivity index is 2.25. The van der Waals surface area contributed by atoms with Crippen molar-refractivity contribution in [1.29, 1.82) is 0 Å². The Labute approximate surface area is 118 Å². The summed E-state index contributed by atoms with van der Waals surface area (Å²) in [5.41, 5.74) is 0.444. The third-order valence-electron chi connectivity index (χ3n) is 2.97. The van der Waals surface area contributed by atoms with Crippen LogP contribution in [-0.4, -0.2) is 34.5 Å². The highest BCUT2D eigenvalue weighted by Crippen LogP contribution is 2.26. The molecule has 1 saturated heterocycles. The monoisotopic (exact) mass is 331 g/mol. The van der Waals surface area contributed by atoms with E-state index in [1.165, 1.54) is 4.90 Å². The summed E-state index contributed by atoms with van der Waals surface area (Å²) in [6.07, 6.45) is 1.23. The minimum Gasteiger partial charge on any atom is -0.480 e. The van der Waals surface area contributed by atoms with Gasteiger partial charge in [0.05, 0.1) is 5.02 Å². The van der Waals surface area contributed by atoms with Crippen LogP contribution in [0.15, 0.2) is 22.7 Å². The smallest absolute Gasteiger partial charge is 0.326 e. The first-order chi connectivity index (χ1) is 8.50. The van der Waals surface area contributed by atoms with E-state index in [-0.39, 0.29) is 5.91 Å². The zero-order valence-electron chi connectivity index (χ0n) is 9.40.